The van der Waals surface area contributed by atoms with Crippen LogP contribution < -0.4 is 10.3 Å². The van der Waals surface area contributed by atoms with E-state index in [9.17, 15) is 4.79 Å². The van der Waals surface area contributed by atoms with E-state index in [0.29, 0.717) is 39.1 Å². The summed E-state index contributed by atoms with van der Waals surface area (Å²) in [6.07, 6.45) is 0. The molecular formula is C22H17ClN2O2S. The lowest BCUT2D eigenvalue weighted by Gasteiger charge is -2.14. The van der Waals surface area contributed by atoms with Gasteiger partial charge in [0.1, 0.15) is 5.75 Å². The monoisotopic (exact) mass is 408 g/mol. The van der Waals surface area contributed by atoms with Gasteiger partial charge in [-0.25, -0.2) is 4.98 Å². The topological polar surface area (TPSA) is 44.1 Å². The van der Waals surface area contributed by atoms with Gasteiger partial charge in [0.15, 0.2) is 5.16 Å². The molecule has 0 fully saturated rings. The maximum absolute atomic E-state index is 13.2. The lowest BCUT2D eigenvalue weighted by molar-refractivity contribution is 0.344. The smallest absolute Gasteiger partial charge is 0.266 e. The largest absolute Gasteiger partial charge is 0.493 e. The van der Waals surface area contributed by atoms with Gasteiger partial charge in [0.2, 0.25) is 0 Å². The van der Waals surface area contributed by atoms with Gasteiger partial charge in [-0.1, -0.05) is 65.8 Å². The molecule has 0 bridgehead atoms. The number of thioether (sulfide) groups is 1. The van der Waals surface area contributed by atoms with Gasteiger partial charge in [0.05, 0.1) is 28.2 Å². The van der Waals surface area contributed by atoms with Gasteiger partial charge in [0, 0.05) is 5.75 Å². The van der Waals surface area contributed by atoms with Crippen molar-refractivity contribution in [3.63, 3.8) is 0 Å². The Balaban J connectivity index is 1.67. The van der Waals surface area contributed by atoms with Gasteiger partial charge >= 0.3 is 0 Å². The Kier molecular flexibility index (Phi) is 5.65. The first-order chi connectivity index (χ1) is 13.7. The Hall–Kier alpha value is -2.76. The molecule has 0 amide bonds. The first-order valence-corrected chi connectivity index (χ1v) is 10.2. The number of rotatable bonds is 6. The lowest BCUT2D eigenvalue weighted by atomic mass is 10.2. The highest BCUT2D eigenvalue weighted by Gasteiger charge is 2.15. The van der Waals surface area contributed by atoms with E-state index in [1.807, 2.05) is 66.7 Å². The second kappa shape index (κ2) is 8.50. The van der Waals surface area contributed by atoms with Crippen molar-refractivity contribution in [3.05, 3.63) is 94.2 Å². The minimum atomic E-state index is -0.134. The van der Waals surface area contributed by atoms with Crippen LogP contribution in [-0.2, 0) is 0 Å². The van der Waals surface area contributed by atoms with Crippen molar-refractivity contribution < 1.29 is 4.74 Å². The van der Waals surface area contributed by atoms with E-state index < -0.39 is 0 Å². The first-order valence-electron chi connectivity index (χ1n) is 8.81. The molecule has 0 aliphatic rings. The van der Waals surface area contributed by atoms with E-state index in [2.05, 4.69) is 0 Å². The molecule has 6 heteroatoms. The van der Waals surface area contributed by atoms with Gasteiger partial charge in [0.25, 0.3) is 5.56 Å². The van der Waals surface area contributed by atoms with E-state index >= 15 is 0 Å². The number of halogens is 1. The molecule has 3 aromatic carbocycles. The molecular weight excluding hydrogens is 392 g/mol. The second-order valence-electron chi connectivity index (χ2n) is 6.01. The van der Waals surface area contributed by atoms with Crippen LogP contribution in [0.25, 0.3) is 16.6 Å². The highest BCUT2D eigenvalue weighted by Crippen LogP contribution is 2.25. The molecule has 0 radical (unpaired) electrons. The van der Waals surface area contributed by atoms with E-state index in [0.717, 1.165) is 5.75 Å². The molecule has 1 heterocycles. The zero-order chi connectivity index (χ0) is 19.3. The Bertz CT molecular complexity index is 1160. The maximum atomic E-state index is 13.2. The van der Waals surface area contributed by atoms with Crippen molar-refractivity contribution in [1.29, 1.82) is 0 Å². The molecule has 0 aliphatic carbocycles. The molecule has 0 saturated heterocycles. The molecule has 28 heavy (non-hydrogen) atoms. The van der Waals surface area contributed by atoms with E-state index in [1.54, 1.807) is 16.7 Å². The summed E-state index contributed by atoms with van der Waals surface area (Å²) < 4.78 is 7.33. The van der Waals surface area contributed by atoms with Crippen LogP contribution in [-0.4, -0.2) is 21.9 Å². The predicted molar refractivity (Wildman–Crippen MR) is 115 cm³/mol. The van der Waals surface area contributed by atoms with Crippen molar-refractivity contribution in [3.8, 4) is 11.4 Å². The average molecular weight is 409 g/mol. The number of hydrogen-bond donors (Lipinski definition) is 0. The zero-order valence-electron chi connectivity index (χ0n) is 14.9. The summed E-state index contributed by atoms with van der Waals surface area (Å²) in [4.78, 5) is 17.9. The van der Waals surface area contributed by atoms with Crippen molar-refractivity contribution in [1.82, 2.24) is 9.55 Å². The van der Waals surface area contributed by atoms with E-state index in [1.165, 1.54) is 11.8 Å². The predicted octanol–water partition coefficient (Wildman–Crippen LogP) is 5.21. The minimum absolute atomic E-state index is 0.134. The fourth-order valence-electron chi connectivity index (χ4n) is 2.86. The molecule has 1 aromatic heterocycles. The quantitative estimate of drug-likeness (QED) is 0.249. The van der Waals surface area contributed by atoms with E-state index in [4.69, 9.17) is 21.3 Å². The summed E-state index contributed by atoms with van der Waals surface area (Å²) in [5, 5.41) is 1.66. The summed E-state index contributed by atoms with van der Waals surface area (Å²) in [5.41, 5.74) is 1.16. The fourth-order valence-corrected chi connectivity index (χ4v) is 3.91. The molecule has 0 aliphatic heterocycles. The average Bonchev–Trinajstić information content (AvgIpc) is 2.73. The van der Waals surface area contributed by atoms with Crippen molar-refractivity contribution in [2.75, 3.05) is 12.4 Å². The second-order valence-corrected chi connectivity index (χ2v) is 7.48. The molecule has 4 rings (SSSR count). The highest BCUT2D eigenvalue weighted by atomic mass is 35.5. The lowest BCUT2D eigenvalue weighted by Crippen LogP contribution is -2.22. The molecule has 0 spiro atoms. The van der Waals surface area contributed by atoms with Crippen molar-refractivity contribution in [2.24, 2.45) is 0 Å². The molecule has 0 saturated carbocycles. The number of ether oxygens (including phenoxy) is 1. The van der Waals surface area contributed by atoms with Gasteiger partial charge in [-0.3, -0.25) is 9.36 Å². The third kappa shape index (κ3) is 3.91. The van der Waals surface area contributed by atoms with Gasteiger partial charge in [-0.2, -0.15) is 0 Å². The Morgan fingerprint density at radius 3 is 2.46 bits per heavy atom. The SMILES string of the molecule is O=c1c2ccccc2nc(SCCOc2ccccc2)n1-c1ccccc1Cl. The summed E-state index contributed by atoms with van der Waals surface area (Å²) in [6.45, 7) is 0.500. The number of para-hydroxylation sites is 3. The summed E-state index contributed by atoms with van der Waals surface area (Å²) in [6, 6.07) is 24.3. The first kappa shape index (κ1) is 18.6. The van der Waals surface area contributed by atoms with Crippen LogP contribution in [0.1, 0.15) is 0 Å². The number of benzene rings is 3. The summed E-state index contributed by atoms with van der Waals surface area (Å²) in [7, 11) is 0. The van der Waals surface area contributed by atoms with Crippen molar-refractivity contribution in [2.45, 2.75) is 5.16 Å². The number of hydrogen-bond acceptors (Lipinski definition) is 4. The number of aromatic nitrogens is 2. The summed E-state index contributed by atoms with van der Waals surface area (Å²) >= 11 is 7.84. The normalized spacial score (nSPS) is 10.9. The zero-order valence-corrected chi connectivity index (χ0v) is 16.5. The van der Waals surface area contributed by atoms with E-state index in [-0.39, 0.29) is 5.56 Å². The molecule has 0 N–H and O–H groups in total. The van der Waals surface area contributed by atoms with Crippen molar-refractivity contribution >= 4 is 34.3 Å². The maximum Gasteiger partial charge on any atom is 0.266 e. The Labute approximate surface area is 171 Å². The van der Waals surface area contributed by atoms with Crippen LogP contribution in [0.3, 0.4) is 0 Å². The van der Waals surface area contributed by atoms with Crippen LogP contribution in [0.5, 0.6) is 5.75 Å². The van der Waals surface area contributed by atoms with Gasteiger partial charge in [-0.05, 0) is 36.4 Å². The van der Waals surface area contributed by atoms with Gasteiger partial charge < -0.3 is 4.74 Å². The molecule has 4 nitrogen and oxygen atoms in total. The number of nitrogens with zero attached hydrogens (tertiary/aromatic N) is 2. The Morgan fingerprint density at radius 1 is 0.929 bits per heavy atom. The Morgan fingerprint density at radius 2 is 1.64 bits per heavy atom. The number of fused-ring (bicyclic) bond motifs is 1. The van der Waals surface area contributed by atoms with Crippen LogP contribution in [0, 0.1) is 0 Å². The van der Waals surface area contributed by atoms with Gasteiger partial charge in [-0.15, -0.1) is 0 Å². The molecule has 140 valence electrons. The minimum Gasteiger partial charge on any atom is -0.493 e. The molecule has 4 aromatic rings. The standard InChI is InChI=1S/C22H17ClN2O2S/c23-18-11-5-7-13-20(18)25-21(26)17-10-4-6-12-19(17)24-22(25)28-15-14-27-16-8-2-1-3-9-16/h1-13H,14-15H2. The van der Waals surface area contributed by atoms with Crippen LogP contribution >= 0.6 is 23.4 Å². The molecule has 0 unspecified atom stereocenters. The third-order valence-corrected chi connectivity index (χ3v) is 5.39. The van der Waals surface area contributed by atoms with Crippen LogP contribution in [0.15, 0.2) is 88.8 Å². The molecule has 0 atom stereocenters. The third-order valence-electron chi connectivity index (χ3n) is 4.16. The summed E-state index contributed by atoms with van der Waals surface area (Å²) in [5.74, 6) is 1.46. The van der Waals surface area contributed by atoms with Crippen LogP contribution in [0.2, 0.25) is 5.02 Å². The van der Waals surface area contributed by atoms with Crippen LogP contribution in [0.4, 0.5) is 0 Å². The highest BCUT2D eigenvalue weighted by molar-refractivity contribution is 7.99. The fraction of sp³-hybridized carbons (Fsp3) is 0.0909.